The van der Waals surface area contributed by atoms with Gasteiger partial charge in [0.1, 0.15) is 6.07 Å². The van der Waals surface area contributed by atoms with Gasteiger partial charge in [0.2, 0.25) is 0 Å². The molecule has 0 aromatic carbocycles. The van der Waals surface area contributed by atoms with Gasteiger partial charge in [-0.15, -0.1) is 0 Å². The summed E-state index contributed by atoms with van der Waals surface area (Å²) < 4.78 is 1.75. The zero-order valence-electron chi connectivity index (χ0n) is 12.9. The van der Waals surface area contributed by atoms with E-state index in [1.165, 1.54) is 5.57 Å². The minimum Gasteiger partial charge on any atom is -0.271 e. The van der Waals surface area contributed by atoms with Crippen LogP contribution >= 0.6 is 0 Å². The van der Waals surface area contributed by atoms with E-state index in [0.717, 1.165) is 11.3 Å². The van der Waals surface area contributed by atoms with E-state index < -0.39 is 0 Å². The third kappa shape index (κ3) is 3.73. The van der Waals surface area contributed by atoms with Gasteiger partial charge in [-0.3, -0.25) is 4.68 Å². The van der Waals surface area contributed by atoms with Gasteiger partial charge in [0, 0.05) is 18.3 Å². The molecule has 0 amide bonds. The summed E-state index contributed by atoms with van der Waals surface area (Å²) in [4.78, 5) is 0. The molecule has 0 saturated carbocycles. The number of nitrogens with zero attached hydrogens (tertiary/aromatic N) is 3. The lowest BCUT2D eigenvalue weighted by Crippen LogP contribution is -2.06. The van der Waals surface area contributed by atoms with Crippen molar-refractivity contribution >= 4 is 6.08 Å². The number of hydrogen-bond acceptors (Lipinski definition) is 2. The first kappa shape index (κ1) is 16.4. The summed E-state index contributed by atoms with van der Waals surface area (Å²) in [5.41, 5.74) is 3.84. The van der Waals surface area contributed by atoms with E-state index in [1.807, 2.05) is 27.8 Å². The van der Waals surface area contributed by atoms with Gasteiger partial charge in [0.25, 0.3) is 0 Å². The van der Waals surface area contributed by atoms with Crippen LogP contribution in [0.5, 0.6) is 0 Å². The van der Waals surface area contributed by atoms with E-state index >= 15 is 0 Å². The average Bonchev–Trinajstić information content (AvgIpc) is 2.58. The van der Waals surface area contributed by atoms with Crippen LogP contribution in [-0.4, -0.2) is 9.78 Å². The third-order valence-electron chi connectivity index (χ3n) is 3.03. The number of rotatable bonds is 1. The molecule has 100 valence electrons. The summed E-state index contributed by atoms with van der Waals surface area (Å²) in [6.07, 6.45) is 2.07. The Hall–Kier alpha value is -1.56. The van der Waals surface area contributed by atoms with Crippen molar-refractivity contribution in [2.75, 3.05) is 0 Å². The van der Waals surface area contributed by atoms with Crippen LogP contribution in [0.2, 0.25) is 0 Å². The zero-order chi connectivity index (χ0) is 14.5. The molecule has 0 spiro atoms. The predicted molar refractivity (Wildman–Crippen MR) is 77.1 cm³/mol. The Balaban J connectivity index is 0.00000137. The van der Waals surface area contributed by atoms with Crippen molar-refractivity contribution in [2.24, 2.45) is 12.5 Å². The first-order valence-corrected chi connectivity index (χ1v) is 6.40. The van der Waals surface area contributed by atoms with Gasteiger partial charge in [-0.2, -0.15) is 10.4 Å². The predicted octanol–water partition coefficient (Wildman–Crippen LogP) is 4.08. The normalized spacial score (nSPS) is 11.6. The number of aryl methyl sites for hydroxylation is 1. The lowest BCUT2D eigenvalue weighted by molar-refractivity contribution is 0.508. The van der Waals surface area contributed by atoms with Gasteiger partial charge in [-0.05, 0) is 19.3 Å². The fourth-order valence-electron chi connectivity index (χ4n) is 1.31. The second kappa shape index (κ2) is 6.39. The van der Waals surface area contributed by atoms with Gasteiger partial charge in [0.05, 0.1) is 0 Å². The first-order chi connectivity index (χ1) is 8.27. The first-order valence-electron chi connectivity index (χ1n) is 6.40. The maximum absolute atomic E-state index is 9.02. The van der Waals surface area contributed by atoms with Crippen molar-refractivity contribution < 1.29 is 0 Å². The largest absolute Gasteiger partial charge is 0.271 e. The molecule has 0 atom stereocenters. The van der Waals surface area contributed by atoms with Gasteiger partial charge in [-0.25, -0.2) is 0 Å². The van der Waals surface area contributed by atoms with Gasteiger partial charge in [-0.1, -0.05) is 46.3 Å². The van der Waals surface area contributed by atoms with Crippen molar-refractivity contribution in [3.8, 4) is 6.07 Å². The molecule has 1 rings (SSSR count). The molecule has 0 fully saturated rings. The van der Waals surface area contributed by atoms with Crippen molar-refractivity contribution in [1.29, 1.82) is 5.26 Å². The smallest absolute Gasteiger partial charge is 0.169 e. The maximum atomic E-state index is 9.02. The molecular weight excluding hydrogens is 222 g/mol. The Labute approximate surface area is 111 Å². The molecule has 0 bridgehead atoms. The molecule has 0 aliphatic carbocycles. The molecule has 0 unspecified atom stereocenters. The minimum absolute atomic E-state index is 0.120. The Bertz CT molecular complexity index is 465. The van der Waals surface area contributed by atoms with Crippen LogP contribution in [-0.2, 0) is 7.05 Å². The monoisotopic (exact) mass is 247 g/mol. The Morgan fingerprint density at radius 3 is 2.22 bits per heavy atom. The summed E-state index contributed by atoms with van der Waals surface area (Å²) in [7, 11) is 1.86. The van der Waals surface area contributed by atoms with Crippen LogP contribution in [0.25, 0.3) is 6.08 Å². The summed E-state index contributed by atoms with van der Waals surface area (Å²) in [6, 6.07) is 2.14. The summed E-state index contributed by atoms with van der Waals surface area (Å²) in [6.45, 7) is 14.6. The van der Waals surface area contributed by atoms with Crippen molar-refractivity contribution in [3.63, 3.8) is 0 Å². The highest BCUT2D eigenvalue weighted by molar-refractivity contribution is 5.61. The minimum atomic E-state index is 0.120. The van der Waals surface area contributed by atoms with E-state index in [2.05, 4.69) is 44.9 Å². The second-order valence-corrected chi connectivity index (χ2v) is 5.16. The van der Waals surface area contributed by atoms with Crippen molar-refractivity contribution in [1.82, 2.24) is 9.78 Å². The number of allylic oxidation sites excluding steroid dienone is 1. The van der Waals surface area contributed by atoms with E-state index in [9.17, 15) is 0 Å². The zero-order valence-corrected chi connectivity index (χ0v) is 12.9. The van der Waals surface area contributed by atoms with Crippen molar-refractivity contribution in [2.45, 2.75) is 48.5 Å². The highest BCUT2D eigenvalue weighted by Crippen LogP contribution is 2.28. The summed E-state index contributed by atoms with van der Waals surface area (Å²) in [5, 5.41) is 13.2. The summed E-state index contributed by atoms with van der Waals surface area (Å²) in [5.74, 6) is 0. The molecular formula is C15H25N3. The van der Waals surface area contributed by atoms with Crippen LogP contribution in [0, 0.1) is 23.7 Å². The molecule has 0 saturated heterocycles. The topological polar surface area (TPSA) is 41.6 Å². The molecule has 3 heteroatoms. The molecule has 18 heavy (non-hydrogen) atoms. The summed E-state index contributed by atoms with van der Waals surface area (Å²) >= 11 is 0. The maximum Gasteiger partial charge on any atom is 0.169 e. The van der Waals surface area contributed by atoms with Crippen LogP contribution < -0.4 is 0 Å². The SMILES string of the molecule is C/C(=C\c1c(C#N)nn(C)c1C)C(C)(C)C.CC. The fraction of sp³-hybridized carbons (Fsp3) is 0.600. The molecule has 1 aromatic rings. The molecule has 0 aliphatic heterocycles. The van der Waals surface area contributed by atoms with E-state index in [0.29, 0.717) is 5.69 Å². The number of aromatic nitrogens is 2. The Morgan fingerprint density at radius 2 is 1.83 bits per heavy atom. The third-order valence-corrected chi connectivity index (χ3v) is 3.03. The van der Waals surface area contributed by atoms with Crippen LogP contribution in [0.1, 0.15) is 58.5 Å². The second-order valence-electron chi connectivity index (χ2n) is 5.16. The molecule has 0 N–H and O–H groups in total. The van der Waals surface area contributed by atoms with Gasteiger partial charge in [0.15, 0.2) is 5.69 Å². The number of nitriles is 1. The molecule has 1 aromatic heterocycles. The molecule has 1 heterocycles. The van der Waals surface area contributed by atoms with Crippen LogP contribution in [0.3, 0.4) is 0 Å². The van der Waals surface area contributed by atoms with Crippen LogP contribution in [0.4, 0.5) is 0 Å². The number of hydrogen-bond donors (Lipinski definition) is 0. The van der Waals surface area contributed by atoms with Gasteiger partial charge >= 0.3 is 0 Å². The lowest BCUT2D eigenvalue weighted by Gasteiger charge is -2.19. The average molecular weight is 247 g/mol. The Kier molecular flexibility index (Phi) is 5.84. The standard InChI is InChI=1S/C13H19N3.C2H6/c1-9(13(3,4)5)7-11-10(2)16(6)15-12(11)8-14;1-2/h7H,1-6H3;1-2H3/b9-7+;. The van der Waals surface area contributed by atoms with Gasteiger partial charge < -0.3 is 0 Å². The molecule has 0 radical (unpaired) electrons. The lowest BCUT2D eigenvalue weighted by atomic mass is 9.86. The molecule has 0 aliphatic rings. The van der Waals surface area contributed by atoms with Crippen LogP contribution in [0.15, 0.2) is 5.57 Å². The Morgan fingerprint density at radius 1 is 1.33 bits per heavy atom. The highest BCUT2D eigenvalue weighted by atomic mass is 15.3. The van der Waals surface area contributed by atoms with E-state index in [-0.39, 0.29) is 5.41 Å². The fourth-order valence-corrected chi connectivity index (χ4v) is 1.31. The molecule has 3 nitrogen and oxygen atoms in total. The van der Waals surface area contributed by atoms with E-state index in [1.54, 1.807) is 4.68 Å². The quantitative estimate of drug-likeness (QED) is 0.750. The van der Waals surface area contributed by atoms with Crippen molar-refractivity contribution in [3.05, 3.63) is 22.5 Å². The highest BCUT2D eigenvalue weighted by Gasteiger charge is 2.16. The van der Waals surface area contributed by atoms with E-state index in [4.69, 9.17) is 5.26 Å².